The Labute approximate surface area is 146 Å². The summed E-state index contributed by atoms with van der Waals surface area (Å²) in [7, 11) is 0. The summed E-state index contributed by atoms with van der Waals surface area (Å²) in [6.45, 7) is 2.80. The van der Waals surface area contributed by atoms with Crippen molar-refractivity contribution >= 4 is 21.8 Å². The van der Waals surface area contributed by atoms with E-state index in [1.54, 1.807) is 6.07 Å². The fourth-order valence-corrected chi connectivity index (χ4v) is 3.55. The van der Waals surface area contributed by atoms with Crippen molar-refractivity contribution in [3.63, 3.8) is 0 Å². The number of hydrogen-bond acceptors (Lipinski definition) is 1. The van der Waals surface area contributed by atoms with E-state index in [-0.39, 0.29) is 5.56 Å². The molecule has 0 aliphatic rings. The van der Waals surface area contributed by atoms with Crippen LogP contribution in [0.1, 0.15) is 31.0 Å². The Hall–Kier alpha value is -2.81. The topological polar surface area (TPSA) is 37.8 Å². The SMILES string of the molecule is CCCCc1c2[nH]c3ccccc3c2cc(=O)n1Cc1ccccc1. The molecule has 0 aliphatic carbocycles. The summed E-state index contributed by atoms with van der Waals surface area (Å²) in [6.07, 6.45) is 3.08. The largest absolute Gasteiger partial charge is 0.353 e. The predicted molar refractivity (Wildman–Crippen MR) is 104 cm³/mol. The lowest BCUT2D eigenvalue weighted by Gasteiger charge is -2.14. The number of aromatic amines is 1. The molecule has 4 aromatic rings. The van der Waals surface area contributed by atoms with Crippen molar-refractivity contribution in [2.45, 2.75) is 32.7 Å². The molecular formula is C22H22N2O. The number of fused-ring (bicyclic) bond motifs is 3. The summed E-state index contributed by atoms with van der Waals surface area (Å²) >= 11 is 0. The van der Waals surface area contributed by atoms with Crippen LogP contribution >= 0.6 is 0 Å². The quantitative estimate of drug-likeness (QED) is 0.557. The minimum absolute atomic E-state index is 0.0761. The molecular weight excluding hydrogens is 308 g/mol. The lowest BCUT2D eigenvalue weighted by molar-refractivity contribution is 0.674. The summed E-state index contributed by atoms with van der Waals surface area (Å²) < 4.78 is 1.93. The molecule has 2 heterocycles. The zero-order chi connectivity index (χ0) is 17.2. The molecule has 0 saturated carbocycles. The highest BCUT2D eigenvalue weighted by Gasteiger charge is 2.14. The molecule has 126 valence electrons. The average Bonchev–Trinajstić information content (AvgIpc) is 3.01. The molecule has 0 amide bonds. The van der Waals surface area contributed by atoms with Gasteiger partial charge in [0.2, 0.25) is 0 Å². The van der Waals surface area contributed by atoms with E-state index in [0.717, 1.165) is 52.3 Å². The van der Waals surface area contributed by atoms with Crippen molar-refractivity contribution < 1.29 is 0 Å². The Kier molecular flexibility index (Phi) is 4.14. The minimum atomic E-state index is 0.0761. The number of pyridine rings is 1. The number of benzene rings is 2. The van der Waals surface area contributed by atoms with Crippen molar-refractivity contribution in [1.29, 1.82) is 0 Å². The normalized spacial score (nSPS) is 11.4. The Morgan fingerprint density at radius 2 is 1.72 bits per heavy atom. The number of aromatic nitrogens is 2. The smallest absolute Gasteiger partial charge is 0.251 e. The zero-order valence-electron chi connectivity index (χ0n) is 14.5. The molecule has 2 aromatic heterocycles. The monoisotopic (exact) mass is 330 g/mol. The van der Waals surface area contributed by atoms with Crippen LogP contribution in [0.5, 0.6) is 0 Å². The predicted octanol–water partition coefficient (Wildman–Crippen LogP) is 4.87. The third-order valence-corrected chi connectivity index (χ3v) is 4.85. The maximum absolute atomic E-state index is 12.9. The third-order valence-electron chi connectivity index (χ3n) is 4.85. The molecule has 0 spiro atoms. The van der Waals surface area contributed by atoms with Crippen LogP contribution in [0.25, 0.3) is 21.8 Å². The summed E-state index contributed by atoms with van der Waals surface area (Å²) in [5.74, 6) is 0. The zero-order valence-corrected chi connectivity index (χ0v) is 14.5. The molecule has 3 nitrogen and oxygen atoms in total. The summed E-state index contributed by atoms with van der Waals surface area (Å²) in [4.78, 5) is 16.5. The van der Waals surface area contributed by atoms with Gasteiger partial charge in [-0.25, -0.2) is 0 Å². The van der Waals surface area contributed by atoms with Crippen molar-refractivity contribution in [2.24, 2.45) is 0 Å². The van der Waals surface area contributed by atoms with Crippen molar-refractivity contribution in [2.75, 3.05) is 0 Å². The number of aryl methyl sites for hydroxylation is 1. The highest BCUT2D eigenvalue weighted by Crippen LogP contribution is 2.27. The van der Waals surface area contributed by atoms with Gasteiger partial charge in [0.1, 0.15) is 0 Å². The Morgan fingerprint density at radius 3 is 2.52 bits per heavy atom. The first-order chi connectivity index (χ1) is 12.3. The van der Waals surface area contributed by atoms with E-state index in [0.29, 0.717) is 6.54 Å². The van der Waals surface area contributed by atoms with E-state index in [1.165, 1.54) is 0 Å². The molecule has 0 radical (unpaired) electrons. The van der Waals surface area contributed by atoms with Gasteiger partial charge in [-0.2, -0.15) is 0 Å². The fraction of sp³-hybridized carbons (Fsp3) is 0.227. The third kappa shape index (κ3) is 2.86. The first kappa shape index (κ1) is 15.7. The molecule has 25 heavy (non-hydrogen) atoms. The van der Waals surface area contributed by atoms with E-state index >= 15 is 0 Å². The second-order valence-corrected chi connectivity index (χ2v) is 6.56. The van der Waals surface area contributed by atoms with Crippen LogP contribution in [0.2, 0.25) is 0 Å². The summed E-state index contributed by atoms with van der Waals surface area (Å²) in [6, 6.07) is 20.2. The lowest BCUT2D eigenvalue weighted by Crippen LogP contribution is -2.23. The maximum Gasteiger partial charge on any atom is 0.251 e. The number of nitrogens with one attached hydrogen (secondary N) is 1. The molecule has 0 atom stereocenters. The van der Waals surface area contributed by atoms with E-state index in [2.05, 4.69) is 36.2 Å². The van der Waals surface area contributed by atoms with Gasteiger partial charge >= 0.3 is 0 Å². The van der Waals surface area contributed by atoms with Gasteiger partial charge in [-0.15, -0.1) is 0 Å². The highest BCUT2D eigenvalue weighted by atomic mass is 16.1. The summed E-state index contributed by atoms with van der Waals surface area (Å²) in [5.41, 5.74) is 4.53. The number of para-hydroxylation sites is 1. The van der Waals surface area contributed by atoms with E-state index in [1.807, 2.05) is 34.9 Å². The Bertz CT molecular complexity index is 1070. The van der Waals surface area contributed by atoms with Crippen LogP contribution in [-0.2, 0) is 13.0 Å². The van der Waals surface area contributed by atoms with Crippen LogP contribution in [-0.4, -0.2) is 9.55 Å². The molecule has 2 aromatic carbocycles. The first-order valence-corrected chi connectivity index (χ1v) is 8.95. The van der Waals surface area contributed by atoms with Crippen LogP contribution in [0.4, 0.5) is 0 Å². The molecule has 1 N–H and O–H groups in total. The number of unbranched alkanes of at least 4 members (excludes halogenated alkanes) is 1. The Balaban J connectivity index is 1.95. The van der Waals surface area contributed by atoms with E-state index in [4.69, 9.17) is 0 Å². The highest BCUT2D eigenvalue weighted by molar-refractivity contribution is 6.07. The van der Waals surface area contributed by atoms with Crippen LogP contribution in [0.15, 0.2) is 65.5 Å². The number of H-pyrrole nitrogens is 1. The molecule has 0 saturated heterocycles. The second-order valence-electron chi connectivity index (χ2n) is 6.56. The van der Waals surface area contributed by atoms with Gasteiger partial charge in [0.05, 0.1) is 12.1 Å². The van der Waals surface area contributed by atoms with E-state index < -0.39 is 0 Å². The average molecular weight is 330 g/mol. The van der Waals surface area contributed by atoms with Gasteiger partial charge in [0.15, 0.2) is 0 Å². The van der Waals surface area contributed by atoms with Gasteiger partial charge in [-0.05, 0) is 24.5 Å². The fourth-order valence-electron chi connectivity index (χ4n) is 3.55. The van der Waals surface area contributed by atoms with Gasteiger partial charge < -0.3 is 9.55 Å². The maximum atomic E-state index is 12.9. The molecule has 3 heteroatoms. The molecule has 0 unspecified atom stereocenters. The molecule has 0 bridgehead atoms. The van der Waals surface area contributed by atoms with Crippen LogP contribution in [0, 0.1) is 0 Å². The van der Waals surface area contributed by atoms with Crippen LogP contribution < -0.4 is 5.56 Å². The van der Waals surface area contributed by atoms with Crippen molar-refractivity contribution in [3.05, 3.63) is 82.3 Å². The van der Waals surface area contributed by atoms with Gasteiger partial charge in [0.25, 0.3) is 5.56 Å². The first-order valence-electron chi connectivity index (χ1n) is 8.95. The van der Waals surface area contributed by atoms with Gasteiger partial charge in [-0.3, -0.25) is 4.79 Å². The minimum Gasteiger partial charge on any atom is -0.353 e. The number of nitrogens with zero attached hydrogens (tertiary/aromatic N) is 1. The van der Waals surface area contributed by atoms with E-state index in [9.17, 15) is 4.79 Å². The molecule has 0 fully saturated rings. The molecule has 4 rings (SSSR count). The second kappa shape index (κ2) is 6.60. The number of hydrogen-bond donors (Lipinski definition) is 1. The van der Waals surface area contributed by atoms with Gasteiger partial charge in [-0.1, -0.05) is 61.9 Å². The van der Waals surface area contributed by atoms with Crippen molar-refractivity contribution in [3.8, 4) is 0 Å². The standard InChI is InChI=1S/C22H22N2O/c1-2-3-13-20-22-18(17-11-7-8-12-19(17)23-22)14-21(25)24(20)15-16-9-5-4-6-10-16/h4-12,14,23H,2-3,13,15H2,1H3. The van der Waals surface area contributed by atoms with Crippen LogP contribution in [0.3, 0.4) is 0 Å². The van der Waals surface area contributed by atoms with Gasteiger partial charge in [0, 0.05) is 28.0 Å². The number of rotatable bonds is 5. The molecule has 0 aliphatic heterocycles. The van der Waals surface area contributed by atoms with Crippen molar-refractivity contribution in [1.82, 2.24) is 9.55 Å². The lowest BCUT2D eigenvalue weighted by atomic mass is 10.1. The Morgan fingerprint density at radius 1 is 0.960 bits per heavy atom. The summed E-state index contributed by atoms with van der Waals surface area (Å²) in [5, 5.41) is 2.16.